The van der Waals surface area contributed by atoms with E-state index < -0.39 is 17.6 Å². The molecule has 112 valence electrons. The second-order valence-corrected chi connectivity index (χ2v) is 10.3. The van der Waals surface area contributed by atoms with E-state index in [1.165, 1.54) is 0 Å². The van der Waals surface area contributed by atoms with Crippen LogP contribution in [0.3, 0.4) is 0 Å². The van der Waals surface area contributed by atoms with Gasteiger partial charge in [-0.25, -0.2) is 0 Å². The van der Waals surface area contributed by atoms with Crippen molar-refractivity contribution in [3.63, 3.8) is 0 Å². The lowest BCUT2D eigenvalue weighted by molar-refractivity contribution is 0.0827. The molecule has 0 aromatic rings. The second kappa shape index (κ2) is 10.0. The highest BCUT2D eigenvalue weighted by molar-refractivity contribution is 6.82. The van der Waals surface area contributed by atoms with Crippen molar-refractivity contribution in [1.29, 1.82) is 0 Å². The van der Waals surface area contributed by atoms with Crippen molar-refractivity contribution in [2.24, 2.45) is 0 Å². The molecule has 8 heteroatoms. The normalized spacial score (nSPS) is 12.3. The van der Waals surface area contributed by atoms with Crippen molar-refractivity contribution in [2.45, 2.75) is 25.9 Å². The number of hydrogen-bond donors (Lipinski definition) is 0. The molecule has 0 aromatic carbocycles. The first-order valence-electron chi connectivity index (χ1n) is 5.83. The fourth-order valence-corrected chi connectivity index (χ4v) is 8.75. The van der Waals surface area contributed by atoms with Crippen LogP contribution >= 0.6 is 0 Å². The van der Waals surface area contributed by atoms with E-state index in [-0.39, 0.29) is 5.16 Å². The first-order chi connectivity index (χ1) is 8.52. The van der Waals surface area contributed by atoms with E-state index >= 15 is 0 Å². The van der Waals surface area contributed by atoms with E-state index in [0.29, 0.717) is 0 Å². The molecular formula is C10H28O6Si2. The summed E-state index contributed by atoms with van der Waals surface area (Å²) < 4.78 is 32.4. The summed E-state index contributed by atoms with van der Waals surface area (Å²) in [5.41, 5.74) is 0. The SMILES string of the molecule is CC.CO[Si](OC)(OC)C(C)[Si](OC)(OC)OC. The highest BCUT2D eigenvalue weighted by atomic mass is 28.5. The molecule has 0 aliphatic carbocycles. The number of rotatable bonds is 8. The van der Waals surface area contributed by atoms with Crippen molar-refractivity contribution in [1.82, 2.24) is 0 Å². The minimum atomic E-state index is -2.83. The molecule has 0 unspecified atom stereocenters. The predicted molar refractivity (Wildman–Crippen MR) is 74.3 cm³/mol. The Bertz CT molecular complexity index is 160. The van der Waals surface area contributed by atoms with Gasteiger partial charge in [0.25, 0.3) is 0 Å². The Labute approximate surface area is 113 Å². The second-order valence-electron chi connectivity index (χ2n) is 3.15. The minimum absolute atomic E-state index is 0.208. The van der Waals surface area contributed by atoms with E-state index in [1.54, 1.807) is 42.7 Å². The Hall–Kier alpha value is 0.194. The van der Waals surface area contributed by atoms with Crippen molar-refractivity contribution >= 4 is 17.6 Å². The quantitative estimate of drug-likeness (QED) is 0.636. The van der Waals surface area contributed by atoms with Gasteiger partial charge in [0.1, 0.15) is 0 Å². The molecule has 0 spiro atoms. The standard InChI is InChI=1S/C8H22O6Si2.C2H6/c1-8(15(9-2,10-3)11-4)16(12-5,13-6)14-7;1-2/h8H,1-7H3;1-2H3. The highest BCUT2D eigenvalue weighted by Crippen LogP contribution is 2.34. The molecule has 0 saturated heterocycles. The molecule has 0 atom stereocenters. The Balaban J connectivity index is 0. The van der Waals surface area contributed by atoms with Crippen LogP contribution in [0.25, 0.3) is 0 Å². The van der Waals surface area contributed by atoms with Crippen LogP contribution in [0.4, 0.5) is 0 Å². The van der Waals surface area contributed by atoms with Crippen LogP contribution in [0, 0.1) is 0 Å². The van der Waals surface area contributed by atoms with Gasteiger partial charge in [-0.15, -0.1) is 0 Å². The largest absolute Gasteiger partial charge is 0.507 e. The number of hydrogen-bond acceptors (Lipinski definition) is 6. The Kier molecular flexibility index (Phi) is 11.4. The lowest BCUT2D eigenvalue weighted by atomic mass is 10.9. The zero-order valence-electron chi connectivity index (χ0n) is 13.0. The summed E-state index contributed by atoms with van der Waals surface area (Å²) in [4.78, 5) is 0. The maximum Gasteiger partial charge on any atom is 0.507 e. The van der Waals surface area contributed by atoms with Crippen molar-refractivity contribution in [3.8, 4) is 0 Å². The van der Waals surface area contributed by atoms with E-state index in [0.717, 1.165) is 0 Å². The molecular weight excluding hydrogens is 272 g/mol. The fraction of sp³-hybridized carbons (Fsp3) is 1.00. The van der Waals surface area contributed by atoms with Crippen LogP contribution in [-0.2, 0) is 26.6 Å². The third kappa shape index (κ3) is 4.10. The smallest absolute Gasteiger partial charge is 0.377 e. The van der Waals surface area contributed by atoms with Gasteiger partial charge in [-0.2, -0.15) is 0 Å². The van der Waals surface area contributed by atoms with Crippen LogP contribution < -0.4 is 0 Å². The van der Waals surface area contributed by atoms with E-state index in [4.69, 9.17) is 26.6 Å². The lowest BCUT2D eigenvalue weighted by Gasteiger charge is -2.37. The maximum absolute atomic E-state index is 5.40. The molecule has 18 heavy (non-hydrogen) atoms. The summed E-state index contributed by atoms with van der Waals surface area (Å²) in [5.74, 6) is 0. The maximum atomic E-state index is 5.40. The first-order valence-corrected chi connectivity index (χ1v) is 9.43. The molecule has 0 aromatic heterocycles. The third-order valence-electron chi connectivity index (χ3n) is 2.77. The fourth-order valence-electron chi connectivity index (χ4n) is 1.78. The molecule has 0 heterocycles. The molecule has 0 saturated carbocycles. The van der Waals surface area contributed by atoms with E-state index in [2.05, 4.69) is 0 Å². The van der Waals surface area contributed by atoms with Crippen LogP contribution in [0.15, 0.2) is 0 Å². The molecule has 0 radical (unpaired) electrons. The summed E-state index contributed by atoms with van der Waals surface area (Å²) in [6, 6.07) is 0. The van der Waals surface area contributed by atoms with Gasteiger partial charge in [0.05, 0.1) is 5.16 Å². The molecule has 0 aliphatic rings. The Morgan fingerprint density at radius 1 is 0.556 bits per heavy atom. The zero-order valence-corrected chi connectivity index (χ0v) is 15.0. The van der Waals surface area contributed by atoms with Crippen LogP contribution in [-0.4, -0.2) is 60.3 Å². The summed E-state index contributed by atoms with van der Waals surface area (Å²) >= 11 is 0. The summed E-state index contributed by atoms with van der Waals surface area (Å²) in [5, 5.41) is -0.208. The first kappa shape index (κ1) is 20.5. The van der Waals surface area contributed by atoms with Gasteiger partial charge in [0.15, 0.2) is 0 Å². The Morgan fingerprint density at radius 3 is 0.833 bits per heavy atom. The van der Waals surface area contributed by atoms with Gasteiger partial charge in [0, 0.05) is 42.7 Å². The molecule has 0 N–H and O–H groups in total. The average molecular weight is 300 g/mol. The Morgan fingerprint density at radius 2 is 0.722 bits per heavy atom. The van der Waals surface area contributed by atoms with Gasteiger partial charge in [-0.1, -0.05) is 20.8 Å². The van der Waals surface area contributed by atoms with E-state index in [9.17, 15) is 0 Å². The van der Waals surface area contributed by atoms with Gasteiger partial charge in [0.2, 0.25) is 0 Å². The molecule has 0 rings (SSSR count). The topological polar surface area (TPSA) is 55.4 Å². The van der Waals surface area contributed by atoms with E-state index in [1.807, 2.05) is 20.8 Å². The minimum Gasteiger partial charge on any atom is -0.377 e. The lowest BCUT2D eigenvalue weighted by Crippen LogP contribution is -2.61. The molecule has 0 aliphatic heterocycles. The van der Waals surface area contributed by atoms with Crippen LogP contribution in [0.1, 0.15) is 20.8 Å². The third-order valence-corrected chi connectivity index (χ3v) is 10.4. The van der Waals surface area contributed by atoms with Gasteiger partial charge in [-0.3, -0.25) is 0 Å². The molecule has 0 fully saturated rings. The van der Waals surface area contributed by atoms with Gasteiger partial charge in [-0.05, 0) is 0 Å². The summed E-state index contributed by atoms with van der Waals surface area (Å²) in [6.45, 7) is 5.89. The molecule has 6 nitrogen and oxygen atoms in total. The highest BCUT2D eigenvalue weighted by Gasteiger charge is 2.61. The average Bonchev–Trinajstić information content (AvgIpc) is 2.46. The van der Waals surface area contributed by atoms with Crippen molar-refractivity contribution < 1.29 is 26.6 Å². The predicted octanol–water partition coefficient (Wildman–Crippen LogP) is 1.70. The molecule has 0 amide bonds. The van der Waals surface area contributed by atoms with Gasteiger partial charge >= 0.3 is 17.6 Å². The summed E-state index contributed by atoms with van der Waals surface area (Å²) in [7, 11) is 3.64. The summed E-state index contributed by atoms with van der Waals surface area (Å²) in [6.07, 6.45) is 0. The van der Waals surface area contributed by atoms with Crippen molar-refractivity contribution in [2.75, 3.05) is 42.7 Å². The van der Waals surface area contributed by atoms with Gasteiger partial charge < -0.3 is 26.6 Å². The monoisotopic (exact) mass is 300 g/mol. The molecule has 0 bridgehead atoms. The zero-order chi connectivity index (χ0) is 14.8. The van der Waals surface area contributed by atoms with Crippen LogP contribution in [0.5, 0.6) is 0 Å². The van der Waals surface area contributed by atoms with Crippen molar-refractivity contribution in [3.05, 3.63) is 0 Å². The van der Waals surface area contributed by atoms with Crippen LogP contribution in [0.2, 0.25) is 5.16 Å².